The quantitative estimate of drug-likeness (QED) is 0.688. The lowest BCUT2D eigenvalue weighted by Crippen LogP contribution is -2.27. The average molecular weight is 204 g/mol. The van der Waals surface area contributed by atoms with Gasteiger partial charge in [-0.2, -0.15) is 11.8 Å². The van der Waals surface area contributed by atoms with Gasteiger partial charge in [-0.05, 0) is 25.4 Å². The van der Waals surface area contributed by atoms with E-state index in [9.17, 15) is 4.79 Å². The first-order valence-electron chi connectivity index (χ1n) is 4.40. The highest BCUT2D eigenvalue weighted by Crippen LogP contribution is 2.34. The molecule has 3 heteroatoms. The lowest BCUT2D eigenvalue weighted by Gasteiger charge is -2.28. The van der Waals surface area contributed by atoms with Crippen LogP contribution in [-0.4, -0.2) is 22.9 Å². The molecule has 0 aromatic carbocycles. The van der Waals surface area contributed by atoms with Crippen LogP contribution in [0.1, 0.15) is 25.7 Å². The molecule has 2 unspecified atom stereocenters. The molecule has 0 aromatic rings. The molecule has 0 spiro atoms. The largest absolute Gasteiger partial charge is 0.287 e. The standard InChI is InChI=1S/C9H16OS2/c1-11-8-6-4-3-5-7(8)9(10)12-2/h7-8H,3-6H2,1-2H3. The Bertz CT molecular complexity index is 159. The Morgan fingerprint density at radius 2 is 1.92 bits per heavy atom. The van der Waals surface area contributed by atoms with Gasteiger partial charge in [-0.25, -0.2) is 0 Å². The zero-order valence-electron chi connectivity index (χ0n) is 7.71. The molecule has 0 aromatic heterocycles. The molecule has 1 rings (SSSR count). The van der Waals surface area contributed by atoms with Crippen LogP contribution in [0.5, 0.6) is 0 Å². The summed E-state index contributed by atoms with van der Waals surface area (Å²) in [5, 5.41) is 0.993. The highest BCUT2D eigenvalue weighted by molar-refractivity contribution is 8.13. The van der Waals surface area contributed by atoms with Crippen LogP contribution in [0.25, 0.3) is 0 Å². The Kier molecular flexibility index (Phi) is 4.51. The fraction of sp³-hybridized carbons (Fsp3) is 0.889. The van der Waals surface area contributed by atoms with Gasteiger partial charge in [-0.15, -0.1) is 0 Å². The molecule has 70 valence electrons. The minimum atomic E-state index is 0.337. The van der Waals surface area contributed by atoms with Gasteiger partial charge in [-0.3, -0.25) is 4.79 Å². The first-order chi connectivity index (χ1) is 5.79. The van der Waals surface area contributed by atoms with Crippen molar-refractivity contribution in [2.45, 2.75) is 30.9 Å². The monoisotopic (exact) mass is 204 g/mol. The van der Waals surface area contributed by atoms with Crippen molar-refractivity contribution < 1.29 is 4.79 Å². The van der Waals surface area contributed by atoms with Gasteiger partial charge in [-0.1, -0.05) is 24.6 Å². The fourth-order valence-electron chi connectivity index (χ4n) is 1.80. The van der Waals surface area contributed by atoms with Gasteiger partial charge in [0.15, 0.2) is 5.12 Å². The zero-order chi connectivity index (χ0) is 8.97. The number of carbonyl (C=O) groups is 1. The van der Waals surface area contributed by atoms with E-state index in [1.165, 1.54) is 31.0 Å². The minimum Gasteiger partial charge on any atom is -0.287 e. The fourth-order valence-corrected chi connectivity index (χ4v) is 3.46. The van der Waals surface area contributed by atoms with Crippen LogP contribution in [0, 0.1) is 5.92 Å². The number of thioether (sulfide) groups is 2. The highest BCUT2D eigenvalue weighted by Gasteiger charge is 2.29. The summed E-state index contributed by atoms with van der Waals surface area (Å²) in [5.41, 5.74) is 0. The predicted octanol–water partition coefficient (Wildman–Crippen LogP) is 2.80. The minimum absolute atomic E-state index is 0.337. The summed E-state index contributed by atoms with van der Waals surface area (Å²) >= 11 is 3.26. The normalized spacial score (nSPS) is 30.2. The molecular weight excluding hydrogens is 188 g/mol. The maximum absolute atomic E-state index is 11.5. The third-order valence-corrected chi connectivity index (χ3v) is 4.38. The van der Waals surface area contributed by atoms with E-state index in [2.05, 4.69) is 6.26 Å². The Morgan fingerprint density at radius 3 is 2.50 bits per heavy atom. The second kappa shape index (κ2) is 5.18. The molecule has 0 amide bonds. The van der Waals surface area contributed by atoms with Gasteiger partial charge in [0.2, 0.25) is 0 Å². The number of hydrogen-bond acceptors (Lipinski definition) is 3. The van der Waals surface area contributed by atoms with Crippen LogP contribution < -0.4 is 0 Å². The Morgan fingerprint density at radius 1 is 1.25 bits per heavy atom. The summed E-state index contributed by atoms with van der Waals surface area (Å²) in [6.45, 7) is 0. The Labute approximate surface area is 83.1 Å². The molecule has 1 aliphatic rings. The van der Waals surface area contributed by atoms with E-state index in [0.717, 1.165) is 6.42 Å². The number of hydrogen-bond donors (Lipinski definition) is 0. The molecule has 12 heavy (non-hydrogen) atoms. The lowest BCUT2D eigenvalue weighted by molar-refractivity contribution is -0.114. The van der Waals surface area contributed by atoms with Gasteiger partial charge in [0.1, 0.15) is 0 Å². The van der Waals surface area contributed by atoms with Gasteiger partial charge in [0.25, 0.3) is 0 Å². The van der Waals surface area contributed by atoms with Crippen molar-refractivity contribution >= 4 is 28.6 Å². The van der Waals surface area contributed by atoms with Crippen molar-refractivity contribution in [3.05, 3.63) is 0 Å². The van der Waals surface area contributed by atoms with Gasteiger partial charge < -0.3 is 0 Å². The van der Waals surface area contributed by atoms with Crippen molar-refractivity contribution in [3.8, 4) is 0 Å². The van der Waals surface area contributed by atoms with Gasteiger partial charge in [0, 0.05) is 11.2 Å². The summed E-state index contributed by atoms with van der Waals surface area (Å²) in [4.78, 5) is 11.5. The third-order valence-electron chi connectivity index (χ3n) is 2.51. The Balaban J connectivity index is 2.52. The van der Waals surface area contributed by atoms with Crippen molar-refractivity contribution in [3.63, 3.8) is 0 Å². The molecule has 0 aliphatic heterocycles. The molecule has 1 fully saturated rings. The van der Waals surface area contributed by atoms with Crippen molar-refractivity contribution in [2.24, 2.45) is 5.92 Å². The topological polar surface area (TPSA) is 17.1 Å². The summed E-state index contributed by atoms with van der Waals surface area (Å²) < 4.78 is 0. The number of rotatable bonds is 2. The van der Waals surface area contributed by atoms with Crippen LogP contribution in [-0.2, 0) is 4.79 Å². The SMILES string of the molecule is CSC(=O)C1CCCCC1SC. The molecule has 1 nitrogen and oxygen atoms in total. The van der Waals surface area contributed by atoms with E-state index in [1.54, 1.807) is 0 Å². The van der Waals surface area contributed by atoms with Crippen molar-refractivity contribution in [1.29, 1.82) is 0 Å². The van der Waals surface area contributed by atoms with Crippen LogP contribution in [0.15, 0.2) is 0 Å². The lowest BCUT2D eigenvalue weighted by atomic mass is 9.90. The van der Waals surface area contributed by atoms with Crippen molar-refractivity contribution in [2.75, 3.05) is 12.5 Å². The van der Waals surface area contributed by atoms with Crippen LogP contribution in [0.2, 0.25) is 0 Å². The molecule has 0 radical (unpaired) electrons. The van der Waals surface area contributed by atoms with E-state index >= 15 is 0 Å². The maximum Gasteiger partial charge on any atom is 0.192 e. The molecule has 0 saturated heterocycles. The molecule has 0 bridgehead atoms. The smallest absolute Gasteiger partial charge is 0.192 e. The zero-order valence-corrected chi connectivity index (χ0v) is 9.34. The molecule has 0 heterocycles. The summed E-state index contributed by atoms with van der Waals surface area (Å²) in [5.74, 6) is 0.337. The predicted molar refractivity (Wildman–Crippen MR) is 57.8 cm³/mol. The van der Waals surface area contributed by atoms with Crippen LogP contribution >= 0.6 is 23.5 Å². The summed E-state index contributed by atoms with van der Waals surface area (Å²) in [7, 11) is 0. The molecule has 1 saturated carbocycles. The summed E-state index contributed by atoms with van der Waals surface area (Å²) in [6, 6.07) is 0. The molecular formula is C9H16OS2. The molecule has 2 atom stereocenters. The second-order valence-electron chi connectivity index (χ2n) is 3.19. The average Bonchev–Trinajstić information content (AvgIpc) is 2.16. The molecule has 0 N–H and O–H groups in total. The maximum atomic E-state index is 11.5. The van der Waals surface area contributed by atoms with Crippen molar-refractivity contribution in [1.82, 2.24) is 0 Å². The van der Waals surface area contributed by atoms with E-state index in [1.807, 2.05) is 18.0 Å². The van der Waals surface area contributed by atoms with Gasteiger partial charge in [0.05, 0.1) is 0 Å². The first kappa shape index (κ1) is 10.5. The van der Waals surface area contributed by atoms with Gasteiger partial charge >= 0.3 is 0 Å². The van der Waals surface area contributed by atoms with E-state index in [4.69, 9.17) is 0 Å². The van der Waals surface area contributed by atoms with Crippen LogP contribution in [0.3, 0.4) is 0 Å². The number of carbonyl (C=O) groups excluding carboxylic acids is 1. The van der Waals surface area contributed by atoms with E-state index < -0.39 is 0 Å². The highest BCUT2D eigenvalue weighted by atomic mass is 32.2. The molecule has 1 aliphatic carbocycles. The van der Waals surface area contributed by atoms with E-state index in [-0.39, 0.29) is 0 Å². The first-order valence-corrected chi connectivity index (χ1v) is 6.91. The van der Waals surface area contributed by atoms with E-state index in [0.29, 0.717) is 16.3 Å². The summed E-state index contributed by atoms with van der Waals surface area (Å²) in [6.07, 6.45) is 8.92. The third kappa shape index (κ3) is 2.43. The van der Waals surface area contributed by atoms with Crippen LogP contribution in [0.4, 0.5) is 0 Å². The Hall–Kier alpha value is 0.370. The second-order valence-corrected chi connectivity index (χ2v) is 5.08.